The molecule has 0 bridgehead atoms. The van der Waals surface area contributed by atoms with Crippen molar-refractivity contribution in [2.45, 2.75) is 32.8 Å². The van der Waals surface area contributed by atoms with E-state index in [2.05, 4.69) is 50.1 Å². The van der Waals surface area contributed by atoms with Crippen LogP contribution < -0.4 is 9.64 Å². The van der Waals surface area contributed by atoms with Gasteiger partial charge in [-0.3, -0.25) is 0 Å². The highest BCUT2D eigenvalue weighted by molar-refractivity contribution is 5.48. The minimum atomic E-state index is 0.425. The van der Waals surface area contributed by atoms with Crippen molar-refractivity contribution in [3.8, 4) is 5.75 Å². The van der Waals surface area contributed by atoms with Crippen molar-refractivity contribution in [3.05, 3.63) is 24.3 Å². The third-order valence-corrected chi connectivity index (χ3v) is 3.83. The van der Waals surface area contributed by atoms with Crippen LogP contribution in [-0.2, 0) is 4.74 Å². The Kier molecular flexibility index (Phi) is 5.08. The van der Waals surface area contributed by atoms with Gasteiger partial charge in [-0.2, -0.15) is 0 Å². The van der Waals surface area contributed by atoms with Crippen molar-refractivity contribution >= 4 is 5.69 Å². The summed E-state index contributed by atoms with van der Waals surface area (Å²) in [4.78, 5) is 2.21. The van der Waals surface area contributed by atoms with E-state index < -0.39 is 0 Å². The van der Waals surface area contributed by atoms with E-state index in [0.717, 1.165) is 31.9 Å². The highest BCUT2D eigenvalue weighted by atomic mass is 16.5. The van der Waals surface area contributed by atoms with Gasteiger partial charge >= 0.3 is 0 Å². The van der Waals surface area contributed by atoms with Gasteiger partial charge in [-0.25, -0.2) is 0 Å². The fourth-order valence-corrected chi connectivity index (χ4v) is 2.43. The van der Waals surface area contributed by atoms with Gasteiger partial charge in [-0.15, -0.1) is 0 Å². The predicted octanol–water partition coefficient (Wildman–Crippen LogP) is 3.34. The highest BCUT2D eigenvalue weighted by Crippen LogP contribution is 2.23. The topological polar surface area (TPSA) is 21.7 Å². The summed E-state index contributed by atoms with van der Waals surface area (Å²) in [6.07, 6.45) is 2.68. The zero-order valence-corrected chi connectivity index (χ0v) is 12.3. The molecule has 1 aliphatic heterocycles. The molecule has 0 saturated carbocycles. The zero-order valence-electron chi connectivity index (χ0n) is 12.3. The maximum Gasteiger partial charge on any atom is 0.119 e. The molecule has 0 N–H and O–H groups in total. The molecule has 0 aliphatic carbocycles. The minimum Gasteiger partial charge on any atom is -0.494 e. The first-order valence-electron chi connectivity index (χ1n) is 7.24. The standard InChI is InChI=1S/C16H25NO2/c1-4-17(3)15-5-7-16(8-6-15)18-10-9-14-11-13(2)19-12-14/h5-8,13-14H,4,9-12H2,1-3H3. The summed E-state index contributed by atoms with van der Waals surface area (Å²) in [7, 11) is 2.09. The van der Waals surface area contributed by atoms with Gasteiger partial charge in [-0.1, -0.05) is 0 Å². The van der Waals surface area contributed by atoms with E-state index in [1.54, 1.807) is 0 Å². The number of nitrogens with zero attached hydrogens (tertiary/aromatic N) is 1. The Bertz CT molecular complexity index is 377. The lowest BCUT2D eigenvalue weighted by Gasteiger charge is -2.17. The van der Waals surface area contributed by atoms with Gasteiger partial charge in [0.05, 0.1) is 12.7 Å². The lowest BCUT2D eigenvalue weighted by Crippen LogP contribution is -2.15. The van der Waals surface area contributed by atoms with Crippen molar-refractivity contribution in [2.24, 2.45) is 5.92 Å². The predicted molar refractivity (Wildman–Crippen MR) is 79.0 cm³/mol. The molecule has 1 heterocycles. The summed E-state index contributed by atoms with van der Waals surface area (Å²) >= 11 is 0. The van der Waals surface area contributed by atoms with Crippen LogP contribution in [0, 0.1) is 5.92 Å². The van der Waals surface area contributed by atoms with Crippen molar-refractivity contribution in [3.63, 3.8) is 0 Å². The normalized spacial score (nSPS) is 22.5. The van der Waals surface area contributed by atoms with Gasteiger partial charge in [0.2, 0.25) is 0 Å². The molecule has 3 heteroatoms. The number of anilines is 1. The van der Waals surface area contributed by atoms with Gasteiger partial charge in [0, 0.05) is 25.9 Å². The van der Waals surface area contributed by atoms with Crippen LogP contribution in [0.3, 0.4) is 0 Å². The van der Waals surface area contributed by atoms with E-state index in [0.29, 0.717) is 12.0 Å². The SMILES string of the molecule is CCN(C)c1ccc(OCCC2COC(C)C2)cc1. The molecule has 1 fully saturated rings. The van der Waals surface area contributed by atoms with Crippen LogP contribution in [0.5, 0.6) is 5.75 Å². The average Bonchev–Trinajstić information content (AvgIpc) is 2.84. The minimum absolute atomic E-state index is 0.425. The molecule has 3 nitrogen and oxygen atoms in total. The molecular formula is C16H25NO2. The lowest BCUT2D eigenvalue weighted by atomic mass is 10.0. The fraction of sp³-hybridized carbons (Fsp3) is 0.625. The monoisotopic (exact) mass is 263 g/mol. The van der Waals surface area contributed by atoms with E-state index in [9.17, 15) is 0 Å². The second kappa shape index (κ2) is 6.80. The first-order chi connectivity index (χ1) is 9.19. The maximum atomic E-state index is 5.80. The van der Waals surface area contributed by atoms with Crippen LogP contribution in [0.4, 0.5) is 5.69 Å². The van der Waals surface area contributed by atoms with Crippen LogP contribution in [0.1, 0.15) is 26.7 Å². The van der Waals surface area contributed by atoms with E-state index in [1.807, 2.05) is 0 Å². The maximum absolute atomic E-state index is 5.80. The average molecular weight is 263 g/mol. The Morgan fingerprint density at radius 3 is 2.63 bits per heavy atom. The molecule has 2 rings (SSSR count). The van der Waals surface area contributed by atoms with Gasteiger partial charge < -0.3 is 14.4 Å². The van der Waals surface area contributed by atoms with E-state index in [4.69, 9.17) is 9.47 Å². The second-order valence-corrected chi connectivity index (χ2v) is 5.39. The van der Waals surface area contributed by atoms with Crippen molar-refractivity contribution in [1.82, 2.24) is 0 Å². The quantitative estimate of drug-likeness (QED) is 0.785. The van der Waals surface area contributed by atoms with Crippen LogP contribution >= 0.6 is 0 Å². The number of ether oxygens (including phenoxy) is 2. The molecule has 2 atom stereocenters. The molecule has 1 aliphatic rings. The van der Waals surface area contributed by atoms with Gasteiger partial charge in [-0.05, 0) is 56.9 Å². The molecule has 1 aromatic rings. The van der Waals surface area contributed by atoms with Crippen molar-refractivity contribution in [2.75, 3.05) is 31.7 Å². The molecule has 0 radical (unpaired) electrons. The molecule has 1 aromatic carbocycles. The summed E-state index contributed by atoms with van der Waals surface area (Å²) in [5.41, 5.74) is 1.23. The summed E-state index contributed by atoms with van der Waals surface area (Å²) in [6.45, 7) is 6.98. The zero-order chi connectivity index (χ0) is 13.7. The second-order valence-electron chi connectivity index (χ2n) is 5.39. The smallest absolute Gasteiger partial charge is 0.119 e. The van der Waals surface area contributed by atoms with Crippen molar-refractivity contribution < 1.29 is 9.47 Å². The number of hydrogen-bond donors (Lipinski definition) is 0. The molecule has 1 saturated heterocycles. The summed E-state index contributed by atoms with van der Waals surface area (Å²) < 4.78 is 11.4. The number of rotatable bonds is 6. The largest absolute Gasteiger partial charge is 0.494 e. The lowest BCUT2D eigenvalue weighted by molar-refractivity contribution is 0.118. The molecule has 106 valence electrons. The van der Waals surface area contributed by atoms with Gasteiger partial charge in [0.15, 0.2) is 0 Å². The molecule has 0 spiro atoms. The van der Waals surface area contributed by atoms with E-state index >= 15 is 0 Å². The molecular weight excluding hydrogens is 238 g/mol. The van der Waals surface area contributed by atoms with Gasteiger partial charge in [0.25, 0.3) is 0 Å². The molecule has 2 unspecified atom stereocenters. The van der Waals surface area contributed by atoms with Crippen LogP contribution in [0.2, 0.25) is 0 Å². The Balaban J connectivity index is 1.74. The molecule has 19 heavy (non-hydrogen) atoms. The van der Waals surface area contributed by atoms with Crippen molar-refractivity contribution in [1.29, 1.82) is 0 Å². The Hall–Kier alpha value is -1.22. The van der Waals surface area contributed by atoms with E-state index in [1.165, 1.54) is 12.1 Å². The van der Waals surface area contributed by atoms with E-state index in [-0.39, 0.29) is 0 Å². The van der Waals surface area contributed by atoms with Crippen LogP contribution in [0.25, 0.3) is 0 Å². The molecule has 0 aromatic heterocycles. The first-order valence-corrected chi connectivity index (χ1v) is 7.24. The van der Waals surface area contributed by atoms with Crippen LogP contribution in [-0.4, -0.2) is 32.9 Å². The highest BCUT2D eigenvalue weighted by Gasteiger charge is 2.21. The Morgan fingerprint density at radius 2 is 2.05 bits per heavy atom. The Morgan fingerprint density at radius 1 is 1.32 bits per heavy atom. The third-order valence-electron chi connectivity index (χ3n) is 3.83. The number of hydrogen-bond acceptors (Lipinski definition) is 3. The van der Waals surface area contributed by atoms with Crippen LogP contribution in [0.15, 0.2) is 24.3 Å². The Labute approximate surface area is 116 Å². The summed E-state index contributed by atoms with van der Waals surface area (Å²) in [5.74, 6) is 1.63. The fourth-order valence-electron chi connectivity index (χ4n) is 2.43. The molecule has 0 amide bonds. The summed E-state index contributed by atoms with van der Waals surface area (Å²) in [5, 5.41) is 0. The number of benzene rings is 1. The first kappa shape index (κ1) is 14.2. The third kappa shape index (κ3) is 4.13. The van der Waals surface area contributed by atoms with Gasteiger partial charge in [0.1, 0.15) is 5.75 Å². The summed E-state index contributed by atoms with van der Waals surface area (Å²) in [6, 6.07) is 8.32.